The van der Waals surface area contributed by atoms with Crippen molar-refractivity contribution in [3.63, 3.8) is 0 Å². The van der Waals surface area contributed by atoms with E-state index in [0.29, 0.717) is 5.69 Å². The van der Waals surface area contributed by atoms with Gasteiger partial charge in [0.05, 0.1) is 0 Å². The molecular weight excluding hydrogens is 318 g/mol. The maximum absolute atomic E-state index is 12.2. The predicted octanol–water partition coefficient (Wildman–Crippen LogP) is 3.75. The molecule has 0 saturated heterocycles. The van der Waals surface area contributed by atoms with Gasteiger partial charge in [-0.15, -0.1) is 0 Å². The van der Waals surface area contributed by atoms with Gasteiger partial charge in [0.25, 0.3) is 5.91 Å². The molecule has 4 nitrogen and oxygen atoms in total. The van der Waals surface area contributed by atoms with E-state index in [1.165, 1.54) is 0 Å². The van der Waals surface area contributed by atoms with Gasteiger partial charge in [0.1, 0.15) is 5.69 Å². The minimum atomic E-state index is -0.219. The van der Waals surface area contributed by atoms with E-state index in [2.05, 4.69) is 31.5 Å². The summed E-state index contributed by atoms with van der Waals surface area (Å²) in [4.78, 5) is 16.3. The van der Waals surface area contributed by atoms with Gasteiger partial charge in [-0.3, -0.25) is 9.78 Å². The molecule has 1 heterocycles. The average molecular weight is 334 g/mol. The number of nitrogens with one attached hydrogen (secondary N) is 2. The molecule has 1 aromatic carbocycles. The van der Waals surface area contributed by atoms with Gasteiger partial charge in [-0.1, -0.05) is 15.9 Å². The van der Waals surface area contributed by atoms with Crippen LogP contribution in [0.25, 0.3) is 0 Å². The van der Waals surface area contributed by atoms with Crippen molar-refractivity contribution < 1.29 is 4.79 Å². The Labute approximate surface area is 126 Å². The predicted molar refractivity (Wildman–Crippen MR) is 85.4 cm³/mol. The van der Waals surface area contributed by atoms with E-state index in [1.54, 1.807) is 19.3 Å². The highest BCUT2D eigenvalue weighted by molar-refractivity contribution is 9.10. The summed E-state index contributed by atoms with van der Waals surface area (Å²) in [6.07, 6.45) is 1.61. The first-order valence-electron chi connectivity index (χ1n) is 6.23. The van der Waals surface area contributed by atoms with Gasteiger partial charge in [-0.25, -0.2) is 0 Å². The van der Waals surface area contributed by atoms with Crippen LogP contribution in [0.4, 0.5) is 11.4 Å². The number of pyridine rings is 1. The van der Waals surface area contributed by atoms with Gasteiger partial charge < -0.3 is 10.6 Å². The fraction of sp³-hybridized carbons (Fsp3) is 0.200. The molecule has 1 aromatic heterocycles. The van der Waals surface area contributed by atoms with Crippen LogP contribution in [0.2, 0.25) is 0 Å². The monoisotopic (exact) mass is 333 g/mol. The Bertz CT molecular complexity index is 632. The number of carbonyl (C=O) groups excluding carboxylic acids is 1. The van der Waals surface area contributed by atoms with Crippen molar-refractivity contribution in [3.8, 4) is 0 Å². The molecule has 0 aliphatic rings. The second-order valence-corrected chi connectivity index (χ2v) is 5.35. The molecule has 0 spiro atoms. The molecule has 0 unspecified atom stereocenters. The fourth-order valence-corrected chi connectivity index (χ4v) is 2.15. The lowest BCUT2D eigenvalue weighted by Crippen LogP contribution is -2.14. The first-order valence-corrected chi connectivity index (χ1v) is 7.02. The lowest BCUT2D eigenvalue weighted by atomic mass is 10.1. The van der Waals surface area contributed by atoms with Crippen LogP contribution in [0.5, 0.6) is 0 Å². The van der Waals surface area contributed by atoms with Crippen LogP contribution in [0, 0.1) is 13.8 Å². The Kier molecular flexibility index (Phi) is 4.39. The molecule has 2 rings (SSSR count). The molecule has 0 fully saturated rings. The molecule has 20 heavy (non-hydrogen) atoms. The number of hydrogen-bond acceptors (Lipinski definition) is 3. The third kappa shape index (κ3) is 3.17. The molecule has 0 bridgehead atoms. The Morgan fingerprint density at radius 2 is 1.80 bits per heavy atom. The SMILES string of the molecule is CNc1ccnc(C(=O)Nc2cc(C)c(Br)c(C)c2)c1. The third-order valence-electron chi connectivity index (χ3n) is 2.98. The summed E-state index contributed by atoms with van der Waals surface area (Å²) in [5.74, 6) is -0.219. The molecule has 0 atom stereocenters. The van der Waals surface area contributed by atoms with Crippen LogP contribution in [-0.2, 0) is 0 Å². The number of rotatable bonds is 3. The van der Waals surface area contributed by atoms with Crippen LogP contribution in [0.1, 0.15) is 21.6 Å². The van der Waals surface area contributed by atoms with Crippen molar-refractivity contribution in [1.29, 1.82) is 0 Å². The van der Waals surface area contributed by atoms with E-state index in [0.717, 1.165) is 27.0 Å². The summed E-state index contributed by atoms with van der Waals surface area (Å²) in [6.45, 7) is 3.99. The summed E-state index contributed by atoms with van der Waals surface area (Å²) in [7, 11) is 1.80. The molecule has 5 heteroatoms. The highest BCUT2D eigenvalue weighted by Crippen LogP contribution is 2.25. The number of hydrogen-bond donors (Lipinski definition) is 2. The maximum atomic E-state index is 12.2. The lowest BCUT2D eigenvalue weighted by Gasteiger charge is -2.10. The molecule has 2 aromatic rings. The van der Waals surface area contributed by atoms with Gasteiger partial charge in [-0.2, -0.15) is 0 Å². The maximum Gasteiger partial charge on any atom is 0.274 e. The van der Waals surface area contributed by atoms with Crippen LogP contribution in [-0.4, -0.2) is 17.9 Å². The number of anilines is 2. The molecular formula is C15H16BrN3O. The Balaban J connectivity index is 2.23. The van der Waals surface area contributed by atoms with E-state index in [-0.39, 0.29) is 5.91 Å². The minimum absolute atomic E-state index is 0.219. The van der Waals surface area contributed by atoms with Crippen molar-refractivity contribution >= 4 is 33.2 Å². The molecule has 0 aliphatic heterocycles. The van der Waals surface area contributed by atoms with Crippen LogP contribution in [0.3, 0.4) is 0 Å². The van der Waals surface area contributed by atoms with Crippen LogP contribution in [0.15, 0.2) is 34.9 Å². The standard InChI is InChI=1S/C15H16BrN3O/c1-9-6-12(7-10(2)14(9)16)19-15(20)13-8-11(17-3)4-5-18-13/h4-8H,1-3H3,(H,17,18)(H,19,20). The Morgan fingerprint density at radius 1 is 1.15 bits per heavy atom. The molecule has 1 amide bonds. The Hall–Kier alpha value is -1.88. The zero-order valence-corrected chi connectivity index (χ0v) is 13.2. The van der Waals surface area contributed by atoms with Gasteiger partial charge in [0.15, 0.2) is 0 Å². The first kappa shape index (κ1) is 14.5. The molecule has 0 radical (unpaired) electrons. The number of aromatic nitrogens is 1. The van der Waals surface area contributed by atoms with E-state index in [9.17, 15) is 4.79 Å². The molecule has 0 saturated carbocycles. The number of amides is 1. The van der Waals surface area contributed by atoms with Gasteiger partial charge in [0, 0.05) is 29.1 Å². The average Bonchev–Trinajstić information content (AvgIpc) is 2.44. The second kappa shape index (κ2) is 6.05. The topological polar surface area (TPSA) is 54.0 Å². The fourth-order valence-electron chi connectivity index (χ4n) is 1.92. The van der Waals surface area contributed by atoms with Crippen molar-refractivity contribution in [2.45, 2.75) is 13.8 Å². The summed E-state index contributed by atoms with van der Waals surface area (Å²) in [6, 6.07) is 7.38. The van der Waals surface area contributed by atoms with Crippen LogP contribution < -0.4 is 10.6 Å². The van der Waals surface area contributed by atoms with Crippen molar-refractivity contribution in [3.05, 3.63) is 51.8 Å². The Morgan fingerprint density at radius 3 is 2.40 bits per heavy atom. The summed E-state index contributed by atoms with van der Waals surface area (Å²) < 4.78 is 1.06. The summed E-state index contributed by atoms with van der Waals surface area (Å²) in [5.41, 5.74) is 4.17. The summed E-state index contributed by atoms with van der Waals surface area (Å²) >= 11 is 3.51. The zero-order chi connectivity index (χ0) is 14.7. The van der Waals surface area contributed by atoms with E-state index in [4.69, 9.17) is 0 Å². The van der Waals surface area contributed by atoms with E-state index >= 15 is 0 Å². The zero-order valence-electron chi connectivity index (χ0n) is 11.6. The number of aryl methyl sites for hydroxylation is 2. The van der Waals surface area contributed by atoms with E-state index in [1.807, 2.05) is 32.0 Å². The van der Waals surface area contributed by atoms with Crippen molar-refractivity contribution in [2.24, 2.45) is 0 Å². The van der Waals surface area contributed by atoms with Gasteiger partial charge >= 0.3 is 0 Å². The minimum Gasteiger partial charge on any atom is -0.388 e. The smallest absolute Gasteiger partial charge is 0.274 e. The number of nitrogens with zero attached hydrogens (tertiary/aromatic N) is 1. The van der Waals surface area contributed by atoms with Crippen molar-refractivity contribution in [2.75, 3.05) is 17.7 Å². The molecule has 2 N–H and O–H groups in total. The second-order valence-electron chi connectivity index (χ2n) is 4.56. The first-order chi connectivity index (χ1) is 9.51. The quantitative estimate of drug-likeness (QED) is 0.899. The van der Waals surface area contributed by atoms with E-state index < -0.39 is 0 Å². The van der Waals surface area contributed by atoms with Crippen molar-refractivity contribution in [1.82, 2.24) is 4.98 Å². The number of halogens is 1. The van der Waals surface area contributed by atoms with Gasteiger partial charge in [-0.05, 0) is 49.2 Å². The van der Waals surface area contributed by atoms with Gasteiger partial charge in [0.2, 0.25) is 0 Å². The highest BCUT2D eigenvalue weighted by atomic mass is 79.9. The molecule has 0 aliphatic carbocycles. The lowest BCUT2D eigenvalue weighted by molar-refractivity contribution is 0.102. The third-order valence-corrected chi connectivity index (χ3v) is 4.23. The number of carbonyl (C=O) groups is 1. The normalized spacial score (nSPS) is 10.2. The highest BCUT2D eigenvalue weighted by Gasteiger charge is 2.10. The number of benzene rings is 1. The van der Waals surface area contributed by atoms with Crippen LogP contribution >= 0.6 is 15.9 Å². The summed E-state index contributed by atoms with van der Waals surface area (Å²) in [5, 5.41) is 5.85. The molecule has 104 valence electrons. The largest absolute Gasteiger partial charge is 0.388 e.